The van der Waals surface area contributed by atoms with Crippen molar-refractivity contribution in [3.8, 4) is 0 Å². The number of allylic oxidation sites excluding steroid dienone is 1. The molecule has 1 heteroatoms. The summed E-state index contributed by atoms with van der Waals surface area (Å²) in [4.78, 5) is 0. The van der Waals surface area contributed by atoms with Crippen LogP contribution < -0.4 is 0 Å². The quantitative estimate of drug-likeness (QED) is 0.562. The summed E-state index contributed by atoms with van der Waals surface area (Å²) in [5.41, 5.74) is 1.65. The Kier molecular flexibility index (Phi) is 5.72. The summed E-state index contributed by atoms with van der Waals surface area (Å²) >= 11 is 0. The Bertz CT molecular complexity index is 246. The SMILES string of the molecule is CC/C(=C\CC1CCCCC(C)C1(C)C)CO. The number of aliphatic hydroxyl groups is 1. The van der Waals surface area contributed by atoms with Crippen LogP contribution in [0.1, 0.15) is 66.2 Å². The van der Waals surface area contributed by atoms with E-state index in [1.807, 2.05) is 0 Å². The molecular formula is C16H30O. The fourth-order valence-electron chi connectivity index (χ4n) is 3.04. The zero-order valence-electron chi connectivity index (χ0n) is 12.1. The Morgan fingerprint density at radius 3 is 2.53 bits per heavy atom. The van der Waals surface area contributed by atoms with Gasteiger partial charge in [-0.05, 0) is 42.1 Å². The van der Waals surface area contributed by atoms with Crippen LogP contribution >= 0.6 is 0 Å². The molecule has 0 radical (unpaired) electrons. The maximum atomic E-state index is 9.22. The van der Waals surface area contributed by atoms with Gasteiger partial charge in [0.25, 0.3) is 0 Å². The lowest BCUT2D eigenvalue weighted by molar-refractivity contribution is 0.130. The summed E-state index contributed by atoms with van der Waals surface area (Å²) in [6.45, 7) is 9.65. The van der Waals surface area contributed by atoms with Crippen LogP contribution in [-0.4, -0.2) is 11.7 Å². The summed E-state index contributed by atoms with van der Waals surface area (Å²) in [5, 5.41) is 9.22. The average Bonchev–Trinajstić information content (AvgIpc) is 2.42. The zero-order valence-corrected chi connectivity index (χ0v) is 12.1. The molecule has 0 amide bonds. The average molecular weight is 238 g/mol. The Morgan fingerprint density at radius 1 is 1.29 bits per heavy atom. The van der Waals surface area contributed by atoms with Gasteiger partial charge in [-0.25, -0.2) is 0 Å². The second kappa shape index (κ2) is 6.58. The van der Waals surface area contributed by atoms with Crippen molar-refractivity contribution in [1.29, 1.82) is 0 Å². The third-order valence-corrected chi connectivity index (χ3v) is 5.11. The third kappa shape index (κ3) is 3.84. The largest absolute Gasteiger partial charge is 0.392 e. The summed E-state index contributed by atoms with van der Waals surface area (Å²) in [6, 6.07) is 0. The highest BCUT2D eigenvalue weighted by Crippen LogP contribution is 2.45. The molecule has 17 heavy (non-hydrogen) atoms. The van der Waals surface area contributed by atoms with Crippen LogP contribution in [0.25, 0.3) is 0 Å². The first-order valence-corrected chi connectivity index (χ1v) is 7.31. The second-order valence-corrected chi connectivity index (χ2v) is 6.31. The van der Waals surface area contributed by atoms with Crippen molar-refractivity contribution in [1.82, 2.24) is 0 Å². The van der Waals surface area contributed by atoms with Gasteiger partial charge in [-0.2, -0.15) is 0 Å². The van der Waals surface area contributed by atoms with Crippen molar-refractivity contribution in [2.75, 3.05) is 6.61 Å². The minimum Gasteiger partial charge on any atom is -0.392 e. The third-order valence-electron chi connectivity index (χ3n) is 5.11. The van der Waals surface area contributed by atoms with Gasteiger partial charge in [-0.3, -0.25) is 0 Å². The molecule has 0 aromatic heterocycles. The predicted molar refractivity (Wildman–Crippen MR) is 75.0 cm³/mol. The van der Waals surface area contributed by atoms with E-state index < -0.39 is 0 Å². The zero-order chi connectivity index (χ0) is 12.9. The molecule has 0 aromatic rings. The van der Waals surface area contributed by atoms with E-state index in [0.29, 0.717) is 5.41 Å². The molecule has 1 aliphatic rings. The van der Waals surface area contributed by atoms with E-state index in [4.69, 9.17) is 0 Å². The normalized spacial score (nSPS) is 30.1. The van der Waals surface area contributed by atoms with Crippen molar-refractivity contribution >= 4 is 0 Å². The van der Waals surface area contributed by atoms with Crippen molar-refractivity contribution in [2.45, 2.75) is 66.2 Å². The minimum absolute atomic E-state index is 0.235. The standard InChI is InChI=1S/C16H30O/c1-5-14(12-17)10-11-15-9-7-6-8-13(2)16(15,3)4/h10,13,15,17H,5-9,11-12H2,1-4H3/b14-10+. The molecule has 2 unspecified atom stereocenters. The molecule has 1 rings (SSSR count). The lowest BCUT2D eigenvalue weighted by atomic mass is 9.68. The molecule has 1 nitrogen and oxygen atoms in total. The summed E-state index contributed by atoms with van der Waals surface area (Å²) < 4.78 is 0. The smallest absolute Gasteiger partial charge is 0.0641 e. The van der Waals surface area contributed by atoms with Crippen LogP contribution in [0.5, 0.6) is 0 Å². The number of aliphatic hydroxyl groups excluding tert-OH is 1. The maximum Gasteiger partial charge on any atom is 0.0641 e. The van der Waals surface area contributed by atoms with Gasteiger partial charge in [0.05, 0.1) is 6.61 Å². The molecule has 0 aromatic carbocycles. The lowest BCUT2D eigenvalue weighted by Gasteiger charge is -2.37. The van der Waals surface area contributed by atoms with E-state index in [1.54, 1.807) is 0 Å². The predicted octanol–water partition coefficient (Wildman–Crippen LogP) is 4.56. The molecule has 1 N–H and O–H groups in total. The van der Waals surface area contributed by atoms with Gasteiger partial charge in [0.1, 0.15) is 0 Å². The van der Waals surface area contributed by atoms with Crippen LogP contribution in [0.2, 0.25) is 0 Å². The molecule has 0 bridgehead atoms. The first-order valence-electron chi connectivity index (χ1n) is 7.31. The van der Waals surface area contributed by atoms with E-state index >= 15 is 0 Å². The fourth-order valence-corrected chi connectivity index (χ4v) is 3.04. The maximum absolute atomic E-state index is 9.22. The Labute approximate surface area is 107 Å². The topological polar surface area (TPSA) is 20.2 Å². The first-order chi connectivity index (χ1) is 8.02. The van der Waals surface area contributed by atoms with Crippen LogP contribution in [0.3, 0.4) is 0 Å². The highest BCUT2D eigenvalue weighted by Gasteiger charge is 2.35. The molecule has 0 saturated heterocycles. The molecule has 0 spiro atoms. The highest BCUT2D eigenvalue weighted by molar-refractivity contribution is 5.03. The van der Waals surface area contributed by atoms with E-state index in [1.165, 1.54) is 31.3 Å². The summed E-state index contributed by atoms with van der Waals surface area (Å²) in [6.07, 6.45) is 9.95. The highest BCUT2D eigenvalue weighted by atomic mass is 16.3. The van der Waals surface area contributed by atoms with Gasteiger partial charge in [0.15, 0.2) is 0 Å². The number of rotatable bonds is 4. The molecule has 1 saturated carbocycles. The van der Waals surface area contributed by atoms with E-state index in [9.17, 15) is 5.11 Å². The van der Waals surface area contributed by atoms with Crippen molar-refractivity contribution in [3.05, 3.63) is 11.6 Å². The number of hydrogen-bond acceptors (Lipinski definition) is 1. The van der Waals surface area contributed by atoms with E-state index in [0.717, 1.165) is 24.7 Å². The molecule has 1 aliphatic carbocycles. The van der Waals surface area contributed by atoms with E-state index in [-0.39, 0.29) is 6.61 Å². The fraction of sp³-hybridized carbons (Fsp3) is 0.875. The first kappa shape index (κ1) is 14.8. The van der Waals surface area contributed by atoms with Gasteiger partial charge in [-0.1, -0.05) is 53.0 Å². The lowest BCUT2D eigenvalue weighted by Crippen LogP contribution is -2.29. The number of hydrogen-bond donors (Lipinski definition) is 1. The van der Waals surface area contributed by atoms with Gasteiger partial charge in [0, 0.05) is 0 Å². The van der Waals surface area contributed by atoms with Gasteiger partial charge in [-0.15, -0.1) is 0 Å². The molecule has 0 heterocycles. The van der Waals surface area contributed by atoms with Crippen LogP contribution in [0.15, 0.2) is 11.6 Å². The monoisotopic (exact) mass is 238 g/mol. The molecule has 100 valence electrons. The minimum atomic E-state index is 0.235. The Hall–Kier alpha value is -0.300. The molecule has 1 fully saturated rings. The van der Waals surface area contributed by atoms with Crippen LogP contribution in [-0.2, 0) is 0 Å². The van der Waals surface area contributed by atoms with Crippen molar-refractivity contribution < 1.29 is 5.11 Å². The summed E-state index contributed by atoms with van der Waals surface area (Å²) in [7, 11) is 0. The van der Waals surface area contributed by atoms with Gasteiger partial charge < -0.3 is 5.11 Å². The van der Waals surface area contributed by atoms with Crippen molar-refractivity contribution in [3.63, 3.8) is 0 Å². The van der Waals surface area contributed by atoms with Crippen LogP contribution in [0, 0.1) is 17.3 Å². The van der Waals surface area contributed by atoms with Gasteiger partial charge >= 0.3 is 0 Å². The van der Waals surface area contributed by atoms with E-state index in [2.05, 4.69) is 33.8 Å². The van der Waals surface area contributed by atoms with Crippen molar-refractivity contribution in [2.24, 2.45) is 17.3 Å². The molecule has 0 aliphatic heterocycles. The second-order valence-electron chi connectivity index (χ2n) is 6.31. The summed E-state index contributed by atoms with van der Waals surface area (Å²) in [5.74, 6) is 1.61. The molecular weight excluding hydrogens is 208 g/mol. The van der Waals surface area contributed by atoms with Crippen LogP contribution in [0.4, 0.5) is 0 Å². The Balaban J connectivity index is 2.69. The Morgan fingerprint density at radius 2 is 1.94 bits per heavy atom. The van der Waals surface area contributed by atoms with Gasteiger partial charge in [0.2, 0.25) is 0 Å². The molecule has 2 atom stereocenters.